The topological polar surface area (TPSA) is 237 Å². The molecule has 3 N–H and O–H groups in total. The molecule has 0 aliphatic heterocycles. The van der Waals surface area contributed by atoms with Gasteiger partial charge in [0.15, 0.2) is 12.2 Å². The molecule has 0 aromatic heterocycles. The van der Waals surface area contributed by atoms with Crippen LogP contribution in [0, 0.1) is 0 Å². The number of rotatable bonds is 72. The first kappa shape index (κ1) is 92.5. The molecule has 0 saturated carbocycles. The van der Waals surface area contributed by atoms with E-state index in [1.807, 2.05) is 0 Å². The summed E-state index contributed by atoms with van der Waals surface area (Å²) >= 11 is 0. The van der Waals surface area contributed by atoms with E-state index in [0.717, 1.165) is 173 Å². The highest BCUT2D eigenvalue weighted by atomic mass is 31.2. The van der Waals surface area contributed by atoms with Gasteiger partial charge in [-0.15, -0.1) is 0 Å². The molecule has 5 unspecified atom stereocenters. The number of allylic oxidation sites excluding steroid dienone is 12. The zero-order valence-corrected chi connectivity index (χ0v) is 62.6. The number of unbranched alkanes of at least 4 members (excludes halogenated alkanes) is 34. The van der Waals surface area contributed by atoms with Crippen LogP contribution in [0.25, 0.3) is 0 Å². The minimum atomic E-state index is -4.97. The molecule has 0 heterocycles. The maximum absolute atomic E-state index is 13.1. The lowest BCUT2D eigenvalue weighted by atomic mass is 10.1. The fraction of sp³-hybridized carbons (Fsp3) is 0.792. The van der Waals surface area contributed by atoms with Gasteiger partial charge in [-0.3, -0.25) is 37.3 Å². The van der Waals surface area contributed by atoms with E-state index >= 15 is 0 Å². The second-order valence-corrected chi connectivity index (χ2v) is 28.5. The predicted octanol–water partition coefficient (Wildman–Crippen LogP) is 21.7. The summed E-state index contributed by atoms with van der Waals surface area (Å²) in [6.45, 7) is 4.75. The molecule has 0 rings (SSSR count). The molecule has 0 aliphatic rings. The normalized spacial score (nSPS) is 14.4. The van der Waals surface area contributed by atoms with Gasteiger partial charge in [0.05, 0.1) is 26.4 Å². The van der Waals surface area contributed by atoms with Gasteiger partial charge >= 0.3 is 39.5 Å². The summed E-state index contributed by atoms with van der Waals surface area (Å²) < 4.78 is 68.4. The van der Waals surface area contributed by atoms with Crippen molar-refractivity contribution >= 4 is 39.5 Å². The molecular formula is C77H138O17P2. The lowest BCUT2D eigenvalue weighted by molar-refractivity contribution is -0.161. The van der Waals surface area contributed by atoms with E-state index in [1.165, 1.54) is 83.5 Å². The third kappa shape index (κ3) is 69.0. The van der Waals surface area contributed by atoms with Gasteiger partial charge in [0, 0.05) is 25.7 Å². The molecule has 0 amide bonds. The van der Waals surface area contributed by atoms with Crippen LogP contribution in [-0.4, -0.2) is 96.7 Å². The maximum atomic E-state index is 13.1. The highest BCUT2D eigenvalue weighted by Gasteiger charge is 2.30. The van der Waals surface area contributed by atoms with E-state index in [9.17, 15) is 43.2 Å². The number of aliphatic hydroxyl groups is 1. The van der Waals surface area contributed by atoms with E-state index in [2.05, 4.69) is 101 Å². The first-order chi connectivity index (χ1) is 46.7. The predicted molar refractivity (Wildman–Crippen MR) is 390 cm³/mol. The molecule has 19 heteroatoms. The van der Waals surface area contributed by atoms with Crippen LogP contribution < -0.4 is 0 Å². The lowest BCUT2D eigenvalue weighted by Crippen LogP contribution is -2.30. The summed E-state index contributed by atoms with van der Waals surface area (Å²) in [4.78, 5) is 72.8. The molecule has 0 aromatic rings. The minimum Gasteiger partial charge on any atom is -0.462 e. The molecule has 96 heavy (non-hydrogen) atoms. The van der Waals surface area contributed by atoms with Crippen molar-refractivity contribution in [2.75, 3.05) is 39.6 Å². The van der Waals surface area contributed by atoms with Crippen LogP contribution in [0.15, 0.2) is 72.9 Å². The van der Waals surface area contributed by atoms with E-state index in [4.69, 9.17) is 37.0 Å². The number of ether oxygens (including phenoxy) is 4. The lowest BCUT2D eigenvalue weighted by Gasteiger charge is -2.21. The summed E-state index contributed by atoms with van der Waals surface area (Å²) in [6, 6.07) is 0. The maximum Gasteiger partial charge on any atom is 0.472 e. The van der Waals surface area contributed by atoms with Crippen molar-refractivity contribution in [3.8, 4) is 0 Å². The summed E-state index contributed by atoms with van der Waals surface area (Å²) in [5.74, 6) is -2.20. The zero-order valence-electron chi connectivity index (χ0n) is 60.8. The van der Waals surface area contributed by atoms with E-state index in [1.54, 1.807) is 0 Å². The Labute approximate surface area is 583 Å². The number of phosphoric ester groups is 2. The van der Waals surface area contributed by atoms with E-state index in [0.29, 0.717) is 25.7 Å². The molecule has 5 atom stereocenters. The average molecular weight is 1400 g/mol. The molecule has 558 valence electrons. The number of carbonyl (C=O) groups excluding carboxylic acids is 4. The number of carbonyl (C=O) groups is 4. The Hall–Kier alpha value is -3.50. The van der Waals surface area contributed by atoms with Crippen molar-refractivity contribution in [1.82, 2.24) is 0 Å². The van der Waals surface area contributed by atoms with Crippen LogP contribution in [0.5, 0.6) is 0 Å². The van der Waals surface area contributed by atoms with Gasteiger partial charge in [-0.05, 0) is 135 Å². The third-order valence-corrected chi connectivity index (χ3v) is 18.0. The number of aliphatic hydroxyl groups excluding tert-OH is 1. The third-order valence-electron chi connectivity index (χ3n) is 16.1. The summed E-state index contributed by atoms with van der Waals surface area (Å²) in [5, 5.41) is 10.6. The first-order valence-corrected chi connectivity index (χ1v) is 41.2. The van der Waals surface area contributed by atoms with Crippen molar-refractivity contribution in [2.24, 2.45) is 0 Å². The van der Waals surface area contributed by atoms with Crippen molar-refractivity contribution in [1.29, 1.82) is 0 Å². The molecular weight excluding hydrogens is 1260 g/mol. The number of phosphoric acid groups is 2. The highest BCUT2D eigenvalue weighted by molar-refractivity contribution is 7.47. The first-order valence-electron chi connectivity index (χ1n) is 38.2. The Balaban J connectivity index is 5.35. The minimum absolute atomic E-state index is 0.0837. The SMILES string of the molecule is CCC/C=C\C/C=C\CCCCCCCC(=O)OCC(COP(=O)(O)OCC(O)COP(=O)(O)OCC(COC(=O)CCCCCCC/C=C\C/C=C\CCCCC)OC(=O)CCCCCCC/C=C\CCCCCCCC)OC(=O)CCCCCCC/C=C\CCCCCC. The molecule has 0 fully saturated rings. The van der Waals surface area contributed by atoms with Crippen molar-refractivity contribution < 1.29 is 80.2 Å². The quantitative estimate of drug-likeness (QED) is 0.0169. The van der Waals surface area contributed by atoms with Crippen LogP contribution in [-0.2, 0) is 65.4 Å². The van der Waals surface area contributed by atoms with Gasteiger partial charge in [0.1, 0.15) is 19.3 Å². The molecule has 0 radical (unpaired) electrons. The zero-order chi connectivity index (χ0) is 70.4. The molecule has 0 saturated heterocycles. The average Bonchev–Trinajstić information content (AvgIpc) is 1.17. The van der Waals surface area contributed by atoms with Crippen LogP contribution >= 0.6 is 15.6 Å². The van der Waals surface area contributed by atoms with Crippen molar-refractivity contribution in [3.63, 3.8) is 0 Å². The summed E-state index contributed by atoms with van der Waals surface area (Å²) in [5.41, 5.74) is 0. The van der Waals surface area contributed by atoms with Gasteiger partial charge in [-0.25, -0.2) is 9.13 Å². The highest BCUT2D eigenvalue weighted by Crippen LogP contribution is 2.45. The largest absolute Gasteiger partial charge is 0.472 e. The Bertz CT molecular complexity index is 2110. The fourth-order valence-electron chi connectivity index (χ4n) is 10.2. The van der Waals surface area contributed by atoms with E-state index in [-0.39, 0.29) is 25.7 Å². The van der Waals surface area contributed by atoms with E-state index < -0.39 is 97.5 Å². The van der Waals surface area contributed by atoms with Crippen LogP contribution in [0.3, 0.4) is 0 Å². The van der Waals surface area contributed by atoms with Crippen LogP contribution in [0.4, 0.5) is 0 Å². The van der Waals surface area contributed by atoms with Gasteiger partial charge in [0.2, 0.25) is 0 Å². The Morgan fingerprint density at radius 1 is 0.292 bits per heavy atom. The standard InChI is InChI=1S/C77H138O17P2/c1-5-9-13-17-21-25-29-33-35-39-42-46-50-54-58-62-75(80)88-68-73(94-77(82)64-60-56-52-48-44-40-36-34-30-26-22-18-14-10-6-2)70-92-96(85,86)90-66-71(78)65-89-95(83,84)91-69-72(93-76(81)63-59-55-51-47-43-38-32-28-24-20-16-12-8-4)67-87-74(79)61-57-53-49-45-41-37-31-27-23-19-15-11-7-3/h15,19,21,25,27-28,31-36,71-73,78H,5-14,16-18,20,22-24,26,29-30,37-70H2,1-4H3,(H,83,84)(H,85,86)/b19-15-,25-21-,31-27-,32-28-,35-33-,36-34-. The number of hydrogen-bond donors (Lipinski definition) is 3. The van der Waals surface area contributed by atoms with Gasteiger partial charge in [-0.1, -0.05) is 248 Å². The number of esters is 4. The van der Waals surface area contributed by atoms with Crippen molar-refractivity contribution in [2.45, 2.75) is 354 Å². The fourth-order valence-corrected chi connectivity index (χ4v) is 11.8. The van der Waals surface area contributed by atoms with Crippen molar-refractivity contribution in [3.05, 3.63) is 72.9 Å². The van der Waals surface area contributed by atoms with Gasteiger partial charge in [-0.2, -0.15) is 0 Å². The Kier molecular flexibility index (Phi) is 67.4. The Morgan fingerprint density at radius 2 is 0.531 bits per heavy atom. The summed E-state index contributed by atoms with van der Waals surface area (Å²) in [7, 11) is -9.95. The molecule has 0 spiro atoms. The second-order valence-electron chi connectivity index (χ2n) is 25.6. The van der Waals surface area contributed by atoms with Crippen LogP contribution in [0.2, 0.25) is 0 Å². The molecule has 0 bridgehead atoms. The molecule has 17 nitrogen and oxygen atoms in total. The smallest absolute Gasteiger partial charge is 0.462 e. The van der Waals surface area contributed by atoms with Gasteiger partial charge < -0.3 is 33.8 Å². The summed E-state index contributed by atoms with van der Waals surface area (Å²) in [6.07, 6.45) is 68.9. The van der Waals surface area contributed by atoms with Gasteiger partial charge in [0.25, 0.3) is 0 Å². The van der Waals surface area contributed by atoms with Crippen LogP contribution in [0.1, 0.15) is 336 Å². The number of hydrogen-bond acceptors (Lipinski definition) is 15. The molecule has 0 aliphatic carbocycles. The second kappa shape index (κ2) is 70.0. The Morgan fingerprint density at radius 3 is 0.854 bits per heavy atom. The molecule has 0 aromatic carbocycles. The monoisotopic (exact) mass is 1400 g/mol.